The number of hydrogen-bond acceptors (Lipinski definition) is 4. The molecule has 1 heterocycles. The van der Waals surface area contributed by atoms with Gasteiger partial charge in [0.15, 0.2) is 0 Å². The number of aromatic nitrogens is 1. The molecule has 0 aliphatic carbocycles. The van der Waals surface area contributed by atoms with Crippen LogP contribution in [0.4, 0.5) is 13.2 Å². The van der Waals surface area contributed by atoms with E-state index in [1.165, 1.54) is 6.92 Å². The van der Waals surface area contributed by atoms with Crippen LogP contribution in [0.1, 0.15) is 27.9 Å². The predicted octanol–water partition coefficient (Wildman–Crippen LogP) is 4.00. The Morgan fingerprint density at radius 1 is 1.31 bits per heavy atom. The third kappa shape index (κ3) is 4.99. The van der Waals surface area contributed by atoms with Gasteiger partial charge in [-0.05, 0) is 31.0 Å². The van der Waals surface area contributed by atoms with Crippen LogP contribution >= 0.6 is 11.8 Å². The number of thioether (sulfide) groups is 1. The minimum absolute atomic E-state index is 0.0918. The first-order valence-electron chi connectivity index (χ1n) is 7.65. The Labute approximate surface area is 153 Å². The van der Waals surface area contributed by atoms with Crippen molar-refractivity contribution in [1.82, 2.24) is 10.3 Å². The van der Waals surface area contributed by atoms with Gasteiger partial charge in [-0.15, -0.1) is 0 Å². The van der Waals surface area contributed by atoms with E-state index in [0.717, 1.165) is 29.0 Å². The predicted molar refractivity (Wildman–Crippen MR) is 92.4 cm³/mol. The number of carbonyl (C=O) groups excluding carboxylic acids is 1. The molecule has 0 radical (unpaired) electrons. The fourth-order valence-corrected chi connectivity index (χ4v) is 3.15. The van der Waals surface area contributed by atoms with Gasteiger partial charge in [-0.2, -0.15) is 18.4 Å². The van der Waals surface area contributed by atoms with E-state index in [1.54, 1.807) is 6.07 Å². The first-order valence-corrected chi connectivity index (χ1v) is 8.64. The second kappa shape index (κ2) is 8.23. The largest absolute Gasteiger partial charge is 0.417 e. The molecule has 8 heteroatoms. The first-order chi connectivity index (χ1) is 12.2. The second-order valence-electron chi connectivity index (χ2n) is 5.59. The maximum Gasteiger partial charge on any atom is 0.417 e. The standard InChI is InChI=1S/C18H16F3N3OS/c1-11-5-3-4-6-13(11)9-23-16(25)10-26-17-14(8-22)15(18(19,20)21)7-12(2)24-17/h3-7H,9-10H2,1-2H3,(H,23,25). The summed E-state index contributed by atoms with van der Waals surface area (Å²) < 4.78 is 39.2. The number of alkyl halides is 3. The number of nitrogens with one attached hydrogen (secondary N) is 1. The molecule has 0 spiro atoms. The number of hydrogen-bond donors (Lipinski definition) is 1. The van der Waals surface area contributed by atoms with Crippen LogP contribution in [-0.2, 0) is 17.5 Å². The molecule has 1 amide bonds. The van der Waals surface area contributed by atoms with Crippen molar-refractivity contribution in [3.8, 4) is 6.07 Å². The van der Waals surface area contributed by atoms with Gasteiger partial charge in [-0.3, -0.25) is 4.79 Å². The molecule has 1 N–H and O–H groups in total. The Hall–Kier alpha value is -2.53. The van der Waals surface area contributed by atoms with E-state index >= 15 is 0 Å². The molecule has 0 atom stereocenters. The molecule has 0 aliphatic heterocycles. The van der Waals surface area contributed by atoms with E-state index in [0.29, 0.717) is 6.54 Å². The Balaban J connectivity index is 2.07. The Morgan fingerprint density at radius 3 is 2.62 bits per heavy atom. The van der Waals surface area contributed by atoms with E-state index in [-0.39, 0.29) is 22.4 Å². The molecule has 26 heavy (non-hydrogen) atoms. The number of nitrogens with zero attached hydrogens (tertiary/aromatic N) is 2. The first kappa shape index (κ1) is 19.8. The Morgan fingerprint density at radius 2 is 2.00 bits per heavy atom. The number of benzene rings is 1. The summed E-state index contributed by atoms with van der Waals surface area (Å²) in [5.41, 5.74) is 0.535. The van der Waals surface area contributed by atoms with Crippen molar-refractivity contribution in [3.05, 3.63) is 58.3 Å². The summed E-state index contributed by atoms with van der Waals surface area (Å²) in [6.45, 7) is 3.66. The van der Waals surface area contributed by atoms with Gasteiger partial charge in [0.1, 0.15) is 11.1 Å². The lowest BCUT2D eigenvalue weighted by Crippen LogP contribution is -2.25. The van der Waals surface area contributed by atoms with Crippen molar-refractivity contribution < 1.29 is 18.0 Å². The average molecular weight is 379 g/mol. The van der Waals surface area contributed by atoms with Crippen molar-refractivity contribution >= 4 is 17.7 Å². The minimum atomic E-state index is -4.65. The van der Waals surface area contributed by atoms with Gasteiger partial charge < -0.3 is 5.32 Å². The summed E-state index contributed by atoms with van der Waals surface area (Å²) in [6, 6.07) is 9.94. The summed E-state index contributed by atoms with van der Waals surface area (Å²) >= 11 is 0.818. The van der Waals surface area contributed by atoms with Crippen LogP contribution in [0.25, 0.3) is 0 Å². The number of aryl methyl sites for hydroxylation is 2. The topological polar surface area (TPSA) is 65.8 Å². The average Bonchev–Trinajstić information content (AvgIpc) is 2.58. The fourth-order valence-electron chi connectivity index (χ4n) is 2.27. The smallest absolute Gasteiger partial charge is 0.351 e. The zero-order valence-electron chi connectivity index (χ0n) is 14.1. The van der Waals surface area contributed by atoms with Gasteiger partial charge in [0.25, 0.3) is 0 Å². The van der Waals surface area contributed by atoms with Crippen molar-refractivity contribution in [1.29, 1.82) is 5.26 Å². The van der Waals surface area contributed by atoms with Gasteiger partial charge in [-0.1, -0.05) is 36.0 Å². The monoisotopic (exact) mass is 379 g/mol. The van der Waals surface area contributed by atoms with Gasteiger partial charge in [0.05, 0.1) is 16.9 Å². The van der Waals surface area contributed by atoms with Crippen LogP contribution < -0.4 is 5.32 Å². The maximum absolute atomic E-state index is 13.1. The molecule has 136 valence electrons. The van der Waals surface area contributed by atoms with E-state index < -0.39 is 17.3 Å². The number of halogens is 3. The van der Waals surface area contributed by atoms with E-state index in [2.05, 4.69) is 10.3 Å². The molecule has 0 unspecified atom stereocenters. The Kier molecular flexibility index (Phi) is 6.27. The molecular formula is C18H16F3N3OS. The summed E-state index contributed by atoms with van der Waals surface area (Å²) in [5.74, 6) is -0.479. The van der Waals surface area contributed by atoms with Crippen LogP contribution in [0.3, 0.4) is 0 Å². The van der Waals surface area contributed by atoms with E-state index in [1.807, 2.05) is 31.2 Å². The van der Waals surface area contributed by atoms with Crippen LogP contribution in [0.15, 0.2) is 35.4 Å². The van der Waals surface area contributed by atoms with Gasteiger partial charge in [-0.25, -0.2) is 4.98 Å². The zero-order valence-corrected chi connectivity index (χ0v) is 15.0. The van der Waals surface area contributed by atoms with Crippen molar-refractivity contribution in [2.45, 2.75) is 31.6 Å². The van der Waals surface area contributed by atoms with Crippen molar-refractivity contribution in [2.75, 3.05) is 5.75 Å². The highest BCUT2D eigenvalue weighted by molar-refractivity contribution is 8.00. The second-order valence-corrected chi connectivity index (χ2v) is 6.56. The number of rotatable bonds is 5. The molecule has 2 rings (SSSR count). The molecular weight excluding hydrogens is 363 g/mol. The van der Waals surface area contributed by atoms with Crippen LogP contribution in [-0.4, -0.2) is 16.6 Å². The molecule has 4 nitrogen and oxygen atoms in total. The van der Waals surface area contributed by atoms with Crippen LogP contribution in [0.2, 0.25) is 0 Å². The normalized spacial score (nSPS) is 11.1. The number of pyridine rings is 1. The molecule has 0 bridgehead atoms. The van der Waals surface area contributed by atoms with Gasteiger partial charge >= 0.3 is 6.18 Å². The molecule has 0 saturated heterocycles. The maximum atomic E-state index is 13.1. The number of carbonyl (C=O) groups is 1. The molecule has 2 aromatic rings. The lowest BCUT2D eigenvalue weighted by Gasteiger charge is -2.13. The highest BCUT2D eigenvalue weighted by Crippen LogP contribution is 2.35. The number of amides is 1. The molecule has 1 aromatic heterocycles. The van der Waals surface area contributed by atoms with E-state index in [4.69, 9.17) is 5.26 Å². The third-order valence-corrected chi connectivity index (χ3v) is 4.58. The van der Waals surface area contributed by atoms with Gasteiger partial charge in [0, 0.05) is 12.2 Å². The summed E-state index contributed by atoms with van der Waals surface area (Å²) in [6.07, 6.45) is -4.65. The number of nitriles is 1. The minimum Gasteiger partial charge on any atom is -0.351 e. The summed E-state index contributed by atoms with van der Waals surface area (Å²) in [7, 11) is 0. The molecule has 0 aliphatic rings. The van der Waals surface area contributed by atoms with Crippen molar-refractivity contribution in [2.24, 2.45) is 0 Å². The molecule has 0 saturated carbocycles. The van der Waals surface area contributed by atoms with E-state index in [9.17, 15) is 18.0 Å². The highest BCUT2D eigenvalue weighted by atomic mass is 32.2. The highest BCUT2D eigenvalue weighted by Gasteiger charge is 2.35. The molecule has 0 fully saturated rings. The lowest BCUT2D eigenvalue weighted by molar-refractivity contribution is -0.138. The van der Waals surface area contributed by atoms with Crippen LogP contribution in [0.5, 0.6) is 0 Å². The quantitative estimate of drug-likeness (QED) is 0.798. The van der Waals surface area contributed by atoms with Crippen molar-refractivity contribution in [3.63, 3.8) is 0 Å². The van der Waals surface area contributed by atoms with Crippen LogP contribution in [0, 0.1) is 25.2 Å². The Bertz CT molecular complexity index is 860. The SMILES string of the molecule is Cc1cc(C(F)(F)F)c(C#N)c(SCC(=O)NCc2ccccc2C)n1. The fraction of sp³-hybridized carbons (Fsp3) is 0.278. The summed E-state index contributed by atoms with van der Waals surface area (Å²) in [5, 5.41) is 11.7. The summed E-state index contributed by atoms with van der Waals surface area (Å²) in [4.78, 5) is 16.0. The zero-order chi connectivity index (χ0) is 19.3. The lowest BCUT2D eigenvalue weighted by atomic mass is 10.1. The van der Waals surface area contributed by atoms with Gasteiger partial charge in [0.2, 0.25) is 5.91 Å². The molecule has 1 aromatic carbocycles. The third-order valence-electron chi connectivity index (χ3n) is 3.61.